The van der Waals surface area contributed by atoms with Gasteiger partial charge >= 0.3 is 0 Å². The fourth-order valence-electron chi connectivity index (χ4n) is 4.13. The second-order valence-electron chi connectivity index (χ2n) is 7.76. The number of rotatable bonds is 3. The van der Waals surface area contributed by atoms with Crippen molar-refractivity contribution in [3.8, 4) is 0 Å². The van der Waals surface area contributed by atoms with Gasteiger partial charge < -0.3 is 11.5 Å². The van der Waals surface area contributed by atoms with Gasteiger partial charge in [0.25, 0.3) is 0 Å². The topological polar surface area (TPSA) is 69.1 Å². The molecule has 0 saturated heterocycles. The van der Waals surface area contributed by atoms with E-state index in [1.807, 2.05) is 91.0 Å². The van der Waals surface area contributed by atoms with Gasteiger partial charge in [-0.2, -0.15) is 0 Å². The van der Waals surface area contributed by atoms with Crippen LogP contribution in [0.25, 0.3) is 0 Å². The molecular formula is C28H26N2O. The van der Waals surface area contributed by atoms with Crippen LogP contribution in [0.2, 0.25) is 0 Å². The third-order valence-corrected chi connectivity index (χ3v) is 5.81. The minimum absolute atomic E-state index is 0.0534. The zero-order valence-electron chi connectivity index (χ0n) is 17.3. The van der Waals surface area contributed by atoms with E-state index >= 15 is 0 Å². The molecule has 0 fully saturated rings. The van der Waals surface area contributed by atoms with Crippen molar-refractivity contribution in [2.75, 3.05) is 0 Å². The largest absolute Gasteiger partial charge is 0.325 e. The molecule has 0 aromatic heterocycles. The van der Waals surface area contributed by atoms with Crippen molar-refractivity contribution in [3.05, 3.63) is 143 Å². The number of hydrogen-bond acceptors (Lipinski definition) is 3. The van der Waals surface area contributed by atoms with Crippen molar-refractivity contribution in [3.63, 3.8) is 0 Å². The third kappa shape index (κ3) is 4.19. The minimum Gasteiger partial charge on any atom is -0.325 e. The highest BCUT2D eigenvalue weighted by Crippen LogP contribution is 2.38. The SMILES string of the molecule is NC1Cc2ccccc2C1(N)c1ccccc1.O=C(c1ccccc1)c1ccccc1. The van der Waals surface area contributed by atoms with Gasteiger partial charge in [0.05, 0.1) is 5.54 Å². The molecule has 0 spiro atoms. The summed E-state index contributed by atoms with van der Waals surface area (Å²) in [5, 5.41) is 0. The Bertz CT molecular complexity index is 1100. The van der Waals surface area contributed by atoms with Gasteiger partial charge in [0.15, 0.2) is 5.78 Å². The highest BCUT2D eigenvalue weighted by Gasteiger charge is 2.42. The molecule has 0 radical (unpaired) electrons. The van der Waals surface area contributed by atoms with Crippen LogP contribution in [0.1, 0.15) is 32.6 Å². The van der Waals surface area contributed by atoms with Crippen LogP contribution < -0.4 is 11.5 Å². The van der Waals surface area contributed by atoms with Crippen LogP contribution in [-0.2, 0) is 12.0 Å². The number of benzene rings is 4. The Balaban J connectivity index is 0.000000152. The van der Waals surface area contributed by atoms with Gasteiger partial charge in [0, 0.05) is 17.2 Å². The molecule has 3 heteroatoms. The average molecular weight is 407 g/mol. The average Bonchev–Trinajstić information content (AvgIpc) is 3.11. The lowest BCUT2D eigenvalue weighted by Crippen LogP contribution is -2.50. The summed E-state index contributed by atoms with van der Waals surface area (Å²) in [5.74, 6) is 0.0752. The van der Waals surface area contributed by atoms with Gasteiger partial charge in [-0.3, -0.25) is 4.79 Å². The van der Waals surface area contributed by atoms with Crippen LogP contribution in [0.4, 0.5) is 0 Å². The van der Waals surface area contributed by atoms with Crippen LogP contribution in [-0.4, -0.2) is 11.8 Å². The van der Waals surface area contributed by atoms with E-state index < -0.39 is 5.54 Å². The Labute approximate surface area is 183 Å². The molecule has 1 aliphatic carbocycles. The summed E-state index contributed by atoms with van der Waals surface area (Å²) in [7, 11) is 0. The number of fused-ring (bicyclic) bond motifs is 1. The van der Waals surface area contributed by atoms with Gasteiger partial charge in [-0.1, -0.05) is 115 Å². The molecule has 0 heterocycles. The maximum Gasteiger partial charge on any atom is 0.193 e. The van der Waals surface area contributed by atoms with E-state index in [2.05, 4.69) is 24.3 Å². The number of carbonyl (C=O) groups is 1. The quantitative estimate of drug-likeness (QED) is 0.485. The van der Waals surface area contributed by atoms with Crippen molar-refractivity contribution in [1.82, 2.24) is 0 Å². The van der Waals surface area contributed by atoms with E-state index in [1.165, 1.54) is 11.1 Å². The van der Waals surface area contributed by atoms with E-state index in [9.17, 15) is 4.79 Å². The Morgan fingerprint density at radius 1 is 0.677 bits per heavy atom. The van der Waals surface area contributed by atoms with Crippen LogP contribution in [0, 0.1) is 0 Å². The zero-order chi connectivity index (χ0) is 21.7. The molecule has 3 nitrogen and oxygen atoms in total. The summed E-state index contributed by atoms with van der Waals surface area (Å²) in [4.78, 5) is 11.8. The Kier molecular flexibility index (Phi) is 6.08. The second-order valence-corrected chi connectivity index (χ2v) is 7.76. The summed E-state index contributed by atoms with van der Waals surface area (Å²) in [6.45, 7) is 0. The molecule has 1 aliphatic rings. The van der Waals surface area contributed by atoms with Crippen LogP contribution in [0.3, 0.4) is 0 Å². The molecule has 4 aromatic rings. The minimum atomic E-state index is -0.544. The standard InChI is InChI=1S/C15H16N2.C13H10O/c16-14-10-11-6-4-5-9-13(11)15(14,17)12-7-2-1-3-8-12;14-13(11-7-3-1-4-8-11)12-9-5-2-6-10-12/h1-9,14H,10,16-17H2;1-10H. The van der Waals surface area contributed by atoms with Crippen molar-refractivity contribution < 1.29 is 4.79 Å². The maximum atomic E-state index is 11.8. The van der Waals surface area contributed by atoms with Gasteiger partial charge in [0.1, 0.15) is 0 Å². The van der Waals surface area contributed by atoms with Gasteiger partial charge in [-0.15, -0.1) is 0 Å². The highest BCUT2D eigenvalue weighted by molar-refractivity contribution is 6.08. The fraction of sp³-hybridized carbons (Fsp3) is 0.107. The summed E-state index contributed by atoms with van der Waals surface area (Å²) in [6.07, 6.45) is 0.849. The van der Waals surface area contributed by atoms with E-state index in [0.717, 1.165) is 23.1 Å². The first-order valence-electron chi connectivity index (χ1n) is 10.4. The van der Waals surface area contributed by atoms with Crippen molar-refractivity contribution >= 4 is 5.78 Å². The smallest absolute Gasteiger partial charge is 0.193 e. The molecular weight excluding hydrogens is 380 g/mol. The number of hydrogen-bond donors (Lipinski definition) is 2. The van der Waals surface area contributed by atoms with Crippen molar-refractivity contribution in [2.24, 2.45) is 11.5 Å². The van der Waals surface area contributed by atoms with Crippen LogP contribution in [0.15, 0.2) is 115 Å². The number of ketones is 1. The molecule has 2 atom stereocenters. The predicted octanol–water partition coefficient (Wildman–Crippen LogP) is 4.69. The Hall–Kier alpha value is -3.53. The molecule has 0 saturated carbocycles. The first kappa shape index (κ1) is 20.7. The second kappa shape index (κ2) is 9.09. The van der Waals surface area contributed by atoms with Gasteiger partial charge in [0.2, 0.25) is 0 Å². The van der Waals surface area contributed by atoms with E-state index in [0.29, 0.717) is 0 Å². The van der Waals surface area contributed by atoms with Gasteiger partial charge in [-0.25, -0.2) is 0 Å². The summed E-state index contributed by atoms with van der Waals surface area (Å²) >= 11 is 0. The van der Waals surface area contributed by atoms with E-state index in [-0.39, 0.29) is 11.8 Å². The van der Waals surface area contributed by atoms with Gasteiger partial charge in [-0.05, 0) is 23.1 Å². The number of carbonyl (C=O) groups excluding carboxylic acids is 1. The first-order valence-corrected chi connectivity index (χ1v) is 10.4. The zero-order valence-corrected chi connectivity index (χ0v) is 17.3. The molecule has 4 N–H and O–H groups in total. The lowest BCUT2D eigenvalue weighted by Gasteiger charge is -2.30. The molecule has 2 unspecified atom stereocenters. The van der Waals surface area contributed by atoms with E-state index in [1.54, 1.807) is 0 Å². The van der Waals surface area contributed by atoms with Crippen molar-refractivity contribution in [1.29, 1.82) is 0 Å². The summed E-state index contributed by atoms with van der Waals surface area (Å²) < 4.78 is 0. The maximum absolute atomic E-state index is 11.8. The third-order valence-electron chi connectivity index (χ3n) is 5.81. The number of nitrogens with two attached hydrogens (primary N) is 2. The molecule has 5 rings (SSSR count). The summed E-state index contributed by atoms with van der Waals surface area (Å²) in [6, 6.07) is 37.0. The fourth-order valence-corrected chi connectivity index (χ4v) is 4.13. The molecule has 154 valence electrons. The van der Waals surface area contributed by atoms with E-state index in [4.69, 9.17) is 11.5 Å². The molecule has 4 aromatic carbocycles. The highest BCUT2D eigenvalue weighted by atomic mass is 16.1. The lowest BCUT2D eigenvalue weighted by atomic mass is 9.83. The molecule has 0 amide bonds. The Morgan fingerprint density at radius 2 is 1.13 bits per heavy atom. The Morgan fingerprint density at radius 3 is 1.68 bits per heavy atom. The monoisotopic (exact) mass is 406 g/mol. The van der Waals surface area contributed by atoms with Crippen molar-refractivity contribution in [2.45, 2.75) is 18.0 Å². The van der Waals surface area contributed by atoms with Crippen LogP contribution >= 0.6 is 0 Å². The molecule has 0 aliphatic heterocycles. The molecule has 0 bridgehead atoms. The lowest BCUT2D eigenvalue weighted by molar-refractivity contribution is 0.103. The normalized spacial score (nSPS) is 19.1. The first-order chi connectivity index (χ1) is 15.1. The molecule has 31 heavy (non-hydrogen) atoms. The van der Waals surface area contributed by atoms with Crippen LogP contribution in [0.5, 0.6) is 0 Å². The predicted molar refractivity (Wildman–Crippen MR) is 126 cm³/mol. The summed E-state index contributed by atoms with van der Waals surface area (Å²) in [5.41, 5.74) is 17.3.